The van der Waals surface area contributed by atoms with E-state index in [0.717, 1.165) is 23.3 Å². The summed E-state index contributed by atoms with van der Waals surface area (Å²) in [5, 5.41) is 5.32. The van der Waals surface area contributed by atoms with Gasteiger partial charge in [0.1, 0.15) is 11.6 Å². The van der Waals surface area contributed by atoms with Crippen LogP contribution in [-0.2, 0) is 22.7 Å². The van der Waals surface area contributed by atoms with Crippen LogP contribution < -0.4 is 10.6 Å². The predicted octanol–water partition coefficient (Wildman–Crippen LogP) is 2.94. The first-order chi connectivity index (χ1) is 13.0. The molecule has 2 N–H and O–H groups in total. The van der Waals surface area contributed by atoms with Gasteiger partial charge in [-0.05, 0) is 29.7 Å². The molecule has 0 heterocycles. The first-order valence-corrected chi connectivity index (χ1v) is 8.56. The van der Waals surface area contributed by atoms with E-state index in [-0.39, 0.29) is 24.4 Å². The van der Waals surface area contributed by atoms with Crippen molar-refractivity contribution in [2.75, 3.05) is 13.7 Å². The topological polar surface area (TPSA) is 67.4 Å². The van der Waals surface area contributed by atoms with Crippen molar-refractivity contribution in [2.24, 2.45) is 0 Å². The van der Waals surface area contributed by atoms with Gasteiger partial charge < -0.3 is 15.4 Å². The first kappa shape index (κ1) is 20.5. The normalized spacial score (nSPS) is 10.5. The summed E-state index contributed by atoms with van der Waals surface area (Å²) in [6.07, 6.45) is 0.633. The van der Waals surface area contributed by atoms with Crippen molar-refractivity contribution in [3.05, 3.63) is 70.8 Å². The fourth-order valence-electron chi connectivity index (χ4n) is 2.50. The van der Waals surface area contributed by atoms with Crippen LogP contribution in [0.4, 0.5) is 8.78 Å². The minimum atomic E-state index is -0.916. The molecule has 0 saturated carbocycles. The van der Waals surface area contributed by atoms with Gasteiger partial charge in [0.05, 0.1) is 12.2 Å². The molecule has 0 aliphatic rings. The number of carbonyl (C=O) groups is 2. The molecule has 7 heteroatoms. The number of amides is 2. The third-order valence-corrected chi connectivity index (χ3v) is 3.83. The third-order valence-electron chi connectivity index (χ3n) is 3.83. The van der Waals surface area contributed by atoms with Crippen molar-refractivity contribution in [1.82, 2.24) is 10.6 Å². The smallest absolute Gasteiger partial charge is 0.254 e. The second-order valence-corrected chi connectivity index (χ2v) is 6.01. The maximum atomic E-state index is 13.5. The summed E-state index contributed by atoms with van der Waals surface area (Å²) in [5.41, 5.74) is 1.77. The number of halogens is 2. The molecule has 0 aliphatic heterocycles. The zero-order valence-corrected chi connectivity index (χ0v) is 15.1. The maximum Gasteiger partial charge on any atom is 0.254 e. The van der Waals surface area contributed by atoms with Gasteiger partial charge >= 0.3 is 0 Å². The van der Waals surface area contributed by atoms with Crippen LogP contribution in [0.5, 0.6) is 0 Å². The number of ether oxygens (including phenoxy) is 1. The summed E-state index contributed by atoms with van der Waals surface area (Å²) in [4.78, 5) is 23.7. The lowest BCUT2D eigenvalue weighted by atomic mass is 10.1. The lowest BCUT2D eigenvalue weighted by molar-refractivity contribution is -0.121. The van der Waals surface area contributed by atoms with Crippen molar-refractivity contribution in [3.63, 3.8) is 0 Å². The van der Waals surface area contributed by atoms with Gasteiger partial charge in [-0.2, -0.15) is 0 Å². The van der Waals surface area contributed by atoms with Crippen molar-refractivity contribution in [2.45, 2.75) is 26.0 Å². The van der Waals surface area contributed by atoms with E-state index in [0.29, 0.717) is 25.6 Å². The standard InChI is InChI=1S/C20H22F2N2O3/c1-27-13-15-5-2-4-14(10-15)12-24-19(25)6-3-9-23-20(26)17-8-7-16(21)11-18(17)22/h2,4-5,7-8,10-11H,3,6,9,12-13H2,1H3,(H,23,26)(H,24,25). The molecule has 0 atom stereocenters. The number of hydrogen-bond acceptors (Lipinski definition) is 3. The second-order valence-electron chi connectivity index (χ2n) is 6.01. The van der Waals surface area contributed by atoms with Gasteiger partial charge in [-0.3, -0.25) is 9.59 Å². The largest absolute Gasteiger partial charge is 0.380 e. The number of benzene rings is 2. The molecule has 0 saturated heterocycles. The predicted molar refractivity (Wildman–Crippen MR) is 96.9 cm³/mol. The molecule has 2 rings (SSSR count). The summed E-state index contributed by atoms with van der Waals surface area (Å²) in [5.74, 6) is -2.44. The van der Waals surface area contributed by atoms with Crippen LogP contribution >= 0.6 is 0 Å². The van der Waals surface area contributed by atoms with Crippen molar-refractivity contribution in [3.8, 4) is 0 Å². The summed E-state index contributed by atoms with van der Waals surface area (Å²) in [7, 11) is 1.62. The highest BCUT2D eigenvalue weighted by molar-refractivity contribution is 5.94. The van der Waals surface area contributed by atoms with Crippen molar-refractivity contribution in [1.29, 1.82) is 0 Å². The zero-order valence-electron chi connectivity index (χ0n) is 15.1. The fraction of sp³-hybridized carbons (Fsp3) is 0.300. The van der Waals surface area contributed by atoms with Gasteiger partial charge in [0.25, 0.3) is 5.91 Å². The maximum absolute atomic E-state index is 13.5. The molecule has 0 aliphatic carbocycles. The average molecular weight is 376 g/mol. The molecule has 144 valence electrons. The summed E-state index contributed by atoms with van der Waals surface area (Å²) >= 11 is 0. The zero-order chi connectivity index (χ0) is 19.6. The Morgan fingerprint density at radius 3 is 2.56 bits per heavy atom. The molecule has 2 aromatic rings. The van der Waals surface area contributed by atoms with E-state index in [1.54, 1.807) is 7.11 Å². The van der Waals surface area contributed by atoms with Gasteiger partial charge in [0.15, 0.2) is 0 Å². The molecule has 0 radical (unpaired) electrons. The lowest BCUT2D eigenvalue weighted by Crippen LogP contribution is -2.28. The Bertz CT molecular complexity index is 797. The molecule has 2 amide bonds. The second kappa shape index (κ2) is 10.4. The Balaban J connectivity index is 1.68. The summed E-state index contributed by atoms with van der Waals surface area (Å²) < 4.78 is 31.4. The first-order valence-electron chi connectivity index (χ1n) is 8.56. The highest BCUT2D eigenvalue weighted by Gasteiger charge is 2.12. The Morgan fingerprint density at radius 2 is 1.81 bits per heavy atom. The van der Waals surface area contributed by atoms with E-state index in [9.17, 15) is 18.4 Å². The highest BCUT2D eigenvalue weighted by Crippen LogP contribution is 2.09. The molecular weight excluding hydrogens is 354 g/mol. The monoisotopic (exact) mass is 376 g/mol. The molecule has 0 bridgehead atoms. The molecular formula is C20H22F2N2O3. The van der Waals surface area contributed by atoms with Crippen molar-refractivity contribution < 1.29 is 23.1 Å². The van der Waals surface area contributed by atoms with Crippen molar-refractivity contribution >= 4 is 11.8 Å². The highest BCUT2D eigenvalue weighted by atomic mass is 19.1. The van der Waals surface area contributed by atoms with Crippen LogP contribution in [0.1, 0.15) is 34.3 Å². The van der Waals surface area contributed by atoms with E-state index in [1.165, 1.54) is 0 Å². The van der Waals surface area contributed by atoms with Crippen LogP contribution in [0, 0.1) is 11.6 Å². The van der Waals surface area contributed by atoms with Crippen LogP contribution in [0.25, 0.3) is 0 Å². The van der Waals surface area contributed by atoms with E-state index >= 15 is 0 Å². The van der Waals surface area contributed by atoms with Gasteiger partial charge in [0, 0.05) is 32.7 Å². The van der Waals surface area contributed by atoms with Gasteiger partial charge in [-0.15, -0.1) is 0 Å². The number of nitrogens with one attached hydrogen (secondary N) is 2. The molecule has 5 nitrogen and oxygen atoms in total. The van der Waals surface area contributed by atoms with Gasteiger partial charge in [-0.25, -0.2) is 8.78 Å². The molecule has 2 aromatic carbocycles. The molecule has 0 spiro atoms. The fourth-order valence-corrected chi connectivity index (χ4v) is 2.50. The number of hydrogen-bond donors (Lipinski definition) is 2. The van der Waals surface area contributed by atoms with E-state index in [4.69, 9.17) is 4.74 Å². The Hall–Kier alpha value is -2.80. The SMILES string of the molecule is COCc1cccc(CNC(=O)CCCNC(=O)c2ccc(F)cc2F)c1. The number of rotatable bonds is 9. The van der Waals surface area contributed by atoms with Crippen LogP contribution in [0.2, 0.25) is 0 Å². The van der Waals surface area contributed by atoms with Crippen LogP contribution in [0.3, 0.4) is 0 Å². The molecule has 0 fully saturated rings. The number of methoxy groups -OCH3 is 1. The third kappa shape index (κ3) is 6.79. The summed E-state index contributed by atoms with van der Waals surface area (Å²) in [6.45, 7) is 1.13. The lowest BCUT2D eigenvalue weighted by Gasteiger charge is -2.08. The molecule has 0 unspecified atom stereocenters. The Kier molecular flexibility index (Phi) is 7.88. The van der Waals surface area contributed by atoms with Crippen LogP contribution in [0.15, 0.2) is 42.5 Å². The minimum absolute atomic E-state index is 0.144. The van der Waals surface area contributed by atoms with E-state index < -0.39 is 17.5 Å². The molecule has 0 aromatic heterocycles. The van der Waals surface area contributed by atoms with Gasteiger partial charge in [0.2, 0.25) is 5.91 Å². The Labute approximate surface area is 156 Å². The quantitative estimate of drug-likeness (QED) is 0.662. The van der Waals surface area contributed by atoms with E-state index in [1.807, 2.05) is 24.3 Å². The molecule has 27 heavy (non-hydrogen) atoms. The van der Waals surface area contributed by atoms with Gasteiger partial charge in [-0.1, -0.05) is 24.3 Å². The number of carbonyl (C=O) groups excluding carboxylic acids is 2. The Morgan fingerprint density at radius 1 is 1.04 bits per heavy atom. The minimum Gasteiger partial charge on any atom is -0.380 e. The van der Waals surface area contributed by atoms with Crippen LogP contribution in [-0.4, -0.2) is 25.5 Å². The average Bonchev–Trinajstić information content (AvgIpc) is 2.64. The summed E-state index contributed by atoms with van der Waals surface area (Å²) in [6, 6.07) is 10.5. The van der Waals surface area contributed by atoms with E-state index in [2.05, 4.69) is 10.6 Å².